The largest absolute Gasteiger partial charge is 0.393 e. The molecule has 1 aliphatic rings. The van der Waals surface area contributed by atoms with Gasteiger partial charge in [0.25, 0.3) is 0 Å². The molecule has 0 saturated carbocycles. The van der Waals surface area contributed by atoms with Crippen molar-refractivity contribution in [2.24, 2.45) is 5.92 Å². The van der Waals surface area contributed by atoms with E-state index >= 15 is 0 Å². The summed E-state index contributed by atoms with van der Waals surface area (Å²) in [7, 11) is 0. The lowest BCUT2D eigenvalue weighted by Gasteiger charge is -2.21. The third kappa shape index (κ3) is 6.20. The zero-order valence-corrected chi connectivity index (χ0v) is 12.6. The van der Waals surface area contributed by atoms with Gasteiger partial charge in [-0.1, -0.05) is 43.4 Å². The van der Waals surface area contributed by atoms with Crippen LogP contribution in [-0.2, 0) is 4.79 Å². The van der Waals surface area contributed by atoms with E-state index in [1.165, 1.54) is 0 Å². The number of nitrogens with one attached hydrogen (secondary N) is 1. The summed E-state index contributed by atoms with van der Waals surface area (Å²) in [5.41, 5.74) is 1.08. The number of aliphatic hydroxyl groups excluding tert-OH is 1. The van der Waals surface area contributed by atoms with Crippen molar-refractivity contribution in [2.75, 3.05) is 0 Å². The Morgan fingerprint density at radius 1 is 1.40 bits per heavy atom. The Morgan fingerprint density at radius 3 is 2.80 bits per heavy atom. The summed E-state index contributed by atoms with van der Waals surface area (Å²) in [4.78, 5) is 12.0. The molecule has 1 heterocycles. The molecule has 0 saturated heterocycles. The minimum atomic E-state index is -0.537. The van der Waals surface area contributed by atoms with Gasteiger partial charge in [-0.3, -0.25) is 4.79 Å². The lowest BCUT2D eigenvalue weighted by atomic mass is 9.96. The summed E-state index contributed by atoms with van der Waals surface area (Å²) in [5, 5.41) is 12.9. The molecule has 0 aromatic rings. The van der Waals surface area contributed by atoms with E-state index in [9.17, 15) is 9.90 Å². The molecule has 0 aliphatic carbocycles. The van der Waals surface area contributed by atoms with Crippen LogP contribution in [0, 0.1) is 5.92 Å². The Labute approximate surface area is 122 Å². The average molecular weight is 277 g/mol. The van der Waals surface area contributed by atoms with Crippen LogP contribution in [0.25, 0.3) is 0 Å². The Morgan fingerprint density at radius 2 is 2.10 bits per heavy atom. The maximum absolute atomic E-state index is 12.0. The second-order valence-corrected chi connectivity index (χ2v) is 5.75. The minimum Gasteiger partial charge on any atom is -0.393 e. The van der Waals surface area contributed by atoms with Crippen LogP contribution in [0.4, 0.5) is 0 Å². The molecule has 0 aromatic heterocycles. The molecule has 0 bridgehead atoms. The maximum Gasteiger partial charge on any atom is 0.223 e. The van der Waals surface area contributed by atoms with Gasteiger partial charge in [0.2, 0.25) is 5.91 Å². The molecule has 0 spiro atoms. The summed E-state index contributed by atoms with van der Waals surface area (Å²) >= 11 is 0. The van der Waals surface area contributed by atoms with Gasteiger partial charge in [-0.05, 0) is 38.5 Å². The van der Waals surface area contributed by atoms with Gasteiger partial charge in [0.05, 0.1) is 18.6 Å². The number of hydrogen-bond donors (Lipinski definition) is 2. The standard InChI is InChI=1S/C17H27NO2/c1-4-7-14(3)16-9-6-5-8-13(2)10-11-15(19)12-17(20)18-16/h4-7,13,15-16,19H,1,8-12H2,2-3H3,(H,18,20)/b6-5+,14-7+/t13?,15?,16-/m0/s1. The molecular formula is C17H27NO2. The number of carbonyl (C=O) groups is 1. The van der Waals surface area contributed by atoms with E-state index in [-0.39, 0.29) is 18.4 Å². The lowest BCUT2D eigenvalue weighted by molar-refractivity contribution is -0.123. The van der Waals surface area contributed by atoms with Crippen molar-refractivity contribution in [2.45, 2.75) is 58.1 Å². The van der Waals surface area contributed by atoms with Crippen LogP contribution in [0.5, 0.6) is 0 Å². The smallest absolute Gasteiger partial charge is 0.223 e. The molecule has 0 fully saturated rings. The third-order valence-corrected chi connectivity index (χ3v) is 3.76. The molecule has 3 heteroatoms. The molecular weight excluding hydrogens is 250 g/mol. The van der Waals surface area contributed by atoms with Crippen molar-refractivity contribution < 1.29 is 9.90 Å². The first kappa shape index (κ1) is 16.7. The van der Waals surface area contributed by atoms with Crippen LogP contribution in [0.3, 0.4) is 0 Å². The monoisotopic (exact) mass is 277 g/mol. The normalized spacial score (nSPS) is 31.6. The summed E-state index contributed by atoms with van der Waals surface area (Å²) < 4.78 is 0. The van der Waals surface area contributed by atoms with Crippen LogP contribution >= 0.6 is 0 Å². The number of hydrogen-bond acceptors (Lipinski definition) is 2. The molecule has 20 heavy (non-hydrogen) atoms. The minimum absolute atomic E-state index is 0.0151. The SMILES string of the molecule is C=C/C=C(\C)[C@@H]1C/C=C/CC(C)CCC(O)CC(=O)N1. The zero-order valence-electron chi connectivity index (χ0n) is 12.6. The molecule has 1 amide bonds. The number of carbonyl (C=O) groups excluding carboxylic acids is 1. The third-order valence-electron chi connectivity index (χ3n) is 3.76. The first-order chi connectivity index (χ1) is 9.52. The van der Waals surface area contributed by atoms with Crippen LogP contribution in [-0.4, -0.2) is 23.2 Å². The Kier molecular flexibility index (Phi) is 7.31. The van der Waals surface area contributed by atoms with Gasteiger partial charge in [0.15, 0.2) is 0 Å². The molecule has 112 valence electrons. The first-order valence-electron chi connectivity index (χ1n) is 7.44. The highest BCUT2D eigenvalue weighted by Gasteiger charge is 2.17. The van der Waals surface area contributed by atoms with Gasteiger partial charge in [0.1, 0.15) is 0 Å². The summed E-state index contributed by atoms with van der Waals surface area (Å²) in [6, 6.07) is -0.0151. The maximum atomic E-state index is 12.0. The highest BCUT2D eigenvalue weighted by Crippen LogP contribution is 2.16. The number of allylic oxidation sites excluding steroid dienone is 3. The number of aliphatic hydroxyl groups is 1. The summed E-state index contributed by atoms with van der Waals surface area (Å²) in [6.45, 7) is 7.87. The van der Waals surface area contributed by atoms with E-state index in [2.05, 4.69) is 31.0 Å². The fourth-order valence-electron chi connectivity index (χ4n) is 2.39. The molecule has 3 nitrogen and oxygen atoms in total. The zero-order chi connectivity index (χ0) is 15.0. The Bertz CT molecular complexity index is 384. The quantitative estimate of drug-likeness (QED) is 0.602. The second kappa shape index (κ2) is 8.75. The van der Waals surface area contributed by atoms with Gasteiger partial charge in [0, 0.05) is 0 Å². The first-order valence-corrected chi connectivity index (χ1v) is 7.44. The van der Waals surface area contributed by atoms with E-state index in [0.717, 1.165) is 24.8 Å². The molecule has 2 unspecified atom stereocenters. The van der Waals surface area contributed by atoms with Crippen LogP contribution in [0.15, 0.2) is 36.5 Å². The van der Waals surface area contributed by atoms with Crippen LogP contribution in [0.1, 0.15) is 46.0 Å². The van der Waals surface area contributed by atoms with Crippen molar-refractivity contribution in [3.63, 3.8) is 0 Å². The van der Waals surface area contributed by atoms with Gasteiger partial charge in [-0.15, -0.1) is 0 Å². The fraction of sp³-hybridized carbons (Fsp3) is 0.588. The van der Waals surface area contributed by atoms with Gasteiger partial charge in [-0.25, -0.2) is 0 Å². The van der Waals surface area contributed by atoms with Crippen molar-refractivity contribution in [1.82, 2.24) is 5.32 Å². The summed E-state index contributed by atoms with van der Waals surface area (Å²) in [6.07, 6.45) is 11.1. The summed E-state index contributed by atoms with van der Waals surface area (Å²) in [5.74, 6) is 0.465. The topological polar surface area (TPSA) is 49.3 Å². The van der Waals surface area contributed by atoms with Crippen molar-refractivity contribution in [1.29, 1.82) is 0 Å². The van der Waals surface area contributed by atoms with E-state index in [4.69, 9.17) is 0 Å². The highest BCUT2D eigenvalue weighted by molar-refractivity contribution is 5.77. The predicted octanol–water partition coefficient (Wildman–Crippen LogP) is 3.12. The number of rotatable bonds is 2. The molecule has 0 radical (unpaired) electrons. The van der Waals surface area contributed by atoms with Crippen molar-refractivity contribution in [3.8, 4) is 0 Å². The lowest BCUT2D eigenvalue weighted by Crippen LogP contribution is -2.37. The van der Waals surface area contributed by atoms with Crippen molar-refractivity contribution in [3.05, 3.63) is 36.5 Å². The van der Waals surface area contributed by atoms with Crippen molar-refractivity contribution >= 4 is 5.91 Å². The number of amides is 1. The van der Waals surface area contributed by atoms with Crippen LogP contribution in [0.2, 0.25) is 0 Å². The van der Waals surface area contributed by atoms with E-state index < -0.39 is 6.10 Å². The second-order valence-electron chi connectivity index (χ2n) is 5.75. The Hall–Kier alpha value is -1.35. The predicted molar refractivity (Wildman–Crippen MR) is 83.3 cm³/mol. The van der Waals surface area contributed by atoms with Gasteiger partial charge < -0.3 is 10.4 Å². The van der Waals surface area contributed by atoms with Gasteiger partial charge >= 0.3 is 0 Å². The van der Waals surface area contributed by atoms with Gasteiger partial charge in [-0.2, -0.15) is 0 Å². The molecule has 1 rings (SSSR count). The average Bonchev–Trinajstić information content (AvgIpc) is 2.38. The fourth-order valence-corrected chi connectivity index (χ4v) is 2.39. The molecule has 0 aromatic carbocycles. The Balaban J connectivity index is 2.79. The van der Waals surface area contributed by atoms with E-state index in [0.29, 0.717) is 12.3 Å². The van der Waals surface area contributed by atoms with Crippen LogP contribution < -0.4 is 5.32 Å². The van der Waals surface area contributed by atoms with E-state index in [1.54, 1.807) is 6.08 Å². The molecule has 3 atom stereocenters. The van der Waals surface area contributed by atoms with E-state index in [1.807, 2.05) is 13.0 Å². The highest BCUT2D eigenvalue weighted by atomic mass is 16.3. The molecule has 1 aliphatic heterocycles. The molecule has 2 N–H and O–H groups in total.